The Hall–Kier alpha value is -3.93. The van der Waals surface area contributed by atoms with Crippen LogP contribution in [-0.4, -0.2) is 64.1 Å². The molecule has 0 spiro atoms. The Morgan fingerprint density at radius 1 is 1.10 bits per heavy atom. The molecule has 1 aliphatic heterocycles. The van der Waals surface area contributed by atoms with Crippen molar-refractivity contribution in [2.45, 2.75) is 6.36 Å². The molecule has 0 amide bonds. The number of aromatic nitrogens is 5. The summed E-state index contributed by atoms with van der Waals surface area (Å²) in [5.74, 6) is 1.36. The summed E-state index contributed by atoms with van der Waals surface area (Å²) in [6, 6.07) is 7.73. The molecule has 14 heteroatoms. The minimum Gasteiger partial charge on any atom is -0.406 e. The predicted octanol–water partition coefficient (Wildman–Crippen LogP) is 1.51. The van der Waals surface area contributed by atoms with Gasteiger partial charge in [0.25, 0.3) is 0 Å². The number of rotatable bonds is 4. The highest BCUT2D eigenvalue weighted by Gasteiger charge is 2.31. The molecule has 3 heterocycles. The SMILES string of the molecule is Cn1nnnc1-c1cc(N2CCN(c3cccc(OC(F)(F)F)c3)CC2)no1.O=C=O. The summed E-state index contributed by atoms with van der Waals surface area (Å²) in [5, 5.41) is 15.3. The van der Waals surface area contributed by atoms with Gasteiger partial charge in [-0.3, -0.25) is 0 Å². The topological polar surface area (TPSA) is 119 Å². The Bertz CT molecular complexity index is 1040. The molecule has 164 valence electrons. The van der Waals surface area contributed by atoms with E-state index in [2.05, 4.69) is 25.4 Å². The Labute approximate surface area is 173 Å². The maximum Gasteiger partial charge on any atom is 0.573 e. The number of hydrogen-bond acceptors (Lipinski definition) is 10. The lowest BCUT2D eigenvalue weighted by Gasteiger charge is -2.36. The van der Waals surface area contributed by atoms with Crippen molar-refractivity contribution in [3.8, 4) is 17.3 Å². The molecule has 2 aromatic heterocycles. The molecule has 0 N–H and O–H groups in total. The van der Waals surface area contributed by atoms with Crippen molar-refractivity contribution in [1.82, 2.24) is 25.4 Å². The molecule has 3 aromatic rings. The lowest BCUT2D eigenvalue weighted by atomic mass is 10.2. The number of tetrazole rings is 1. The molecule has 1 aromatic carbocycles. The first-order chi connectivity index (χ1) is 14.8. The van der Waals surface area contributed by atoms with Gasteiger partial charge in [0, 0.05) is 51.0 Å². The summed E-state index contributed by atoms with van der Waals surface area (Å²) in [6.45, 7) is 2.49. The van der Waals surface area contributed by atoms with Crippen molar-refractivity contribution in [1.29, 1.82) is 0 Å². The highest BCUT2D eigenvalue weighted by molar-refractivity contribution is 5.56. The molecule has 0 radical (unpaired) electrons. The van der Waals surface area contributed by atoms with Crippen LogP contribution in [0.25, 0.3) is 11.6 Å². The summed E-state index contributed by atoms with van der Waals surface area (Å²) < 4.78 is 48.0. The van der Waals surface area contributed by atoms with Gasteiger partial charge in [-0.25, -0.2) is 4.68 Å². The maximum atomic E-state index is 12.4. The zero-order valence-electron chi connectivity index (χ0n) is 16.1. The number of piperazine rings is 1. The highest BCUT2D eigenvalue weighted by Crippen LogP contribution is 2.28. The first-order valence-electron chi connectivity index (χ1n) is 8.85. The number of nitrogens with zero attached hydrogens (tertiary/aromatic N) is 7. The summed E-state index contributed by atoms with van der Waals surface area (Å²) in [6.07, 6.45) is -4.46. The Morgan fingerprint density at radius 2 is 1.77 bits per heavy atom. The van der Waals surface area contributed by atoms with Crippen molar-refractivity contribution in [3.63, 3.8) is 0 Å². The van der Waals surface area contributed by atoms with E-state index in [9.17, 15) is 13.2 Å². The zero-order valence-corrected chi connectivity index (χ0v) is 16.1. The molecule has 0 saturated carbocycles. The van der Waals surface area contributed by atoms with E-state index in [1.54, 1.807) is 25.2 Å². The lowest BCUT2D eigenvalue weighted by molar-refractivity contribution is -0.274. The van der Waals surface area contributed by atoms with Gasteiger partial charge < -0.3 is 19.1 Å². The number of alkyl halides is 3. The Balaban J connectivity index is 0.000000858. The minimum atomic E-state index is -4.71. The Morgan fingerprint density at radius 3 is 2.39 bits per heavy atom. The normalized spacial score (nSPS) is 13.9. The van der Waals surface area contributed by atoms with Crippen LogP contribution in [-0.2, 0) is 16.6 Å². The monoisotopic (exact) mass is 439 g/mol. The van der Waals surface area contributed by atoms with Gasteiger partial charge in [0.15, 0.2) is 5.82 Å². The van der Waals surface area contributed by atoms with Crippen molar-refractivity contribution in [3.05, 3.63) is 30.3 Å². The maximum absolute atomic E-state index is 12.4. The standard InChI is InChI=1S/C16H16F3N7O2.CO2/c1-24-15(20-22-23-24)13-10-14(21-28-13)26-7-5-25(6-8-26)11-3-2-4-12(9-11)27-16(17,18)19;2-1-3/h2-4,9-10H,5-8H2,1H3;. The second-order valence-corrected chi connectivity index (χ2v) is 6.28. The average Bonchev–Trinajstić information content (AvgIpc) is 3.36. The molecule has 0 atom stereocenters. The van der Waals surface area contributed by atoms with Gasteiger partial charge in [0.05, 0.1) is 0 Å². The Kier molecular flexibility index (Phi) is 6.50. The van der Waals surface area contributed by atoms with Crippen molar-refractivity contribution < 1.29 is 32.0 Å². The third kappa shape index (κ3) is 5.57. The van der Waals surface area contributed by atoms with Crippen LogP contribution in [0.3, 0.4) is 0 Å². The van der Waals surface area contributed by atoms with E-state index >= 15 is 0 Å². The third-order valence-electron chi connectivity index (χ3n) is 4.36. The average molecular weight is 439 g/mol. The third-order valence-corrected chi connectivity index (χ3v) is 4.36. The fourth-order valence-corrected chi connectivity index (χ4v) is 3.03. The first-order valence-corrected chi connectivity index (χ1v) is 8.85. The van der Waals surface area contributed by atoms with Gasteiger partial charge in [-0.1, -0.05) is 11.2 Å². The van der Waals surface area contributed by atoms with E-state index in [-0.39, 0.29) is 11.9 Å². The molecular formula is C17H16F3N7O4. The summed E-state index contributed by atoms with van der Waals surface area (Å²) >= 11 is 0. The molecular weight excluding hydrogens is 423 g/mol. The highest BCUT2D eigenvalue weighted by atomic mass is 19.4. The number of carbonyl (C=O) groups excluding carboxylic acids is 2. The van der Waals surface area contributed by atoms with E-state index in [1.165, 1.54) is 16.8 Å². The van der Waals surface area contributed by atoms with Crippen LogP contribution in [0.1, 0.15) is 0 Å². The first kappa shape index (κ1) is 21.8. The number of benzene rings is 1. The zero-order chi connectivity index (χ0) is 22.4. The van der Waals surface area contributed by atoms with Crippen LogP contribution in [0.4, 0.5) is 24.7 Å². The molecule has 31 heavy (non-hydrogen) atoms. The van der Waals surface area contributed by atoms with Gasteiger partial charge in [0.1, 0.15) is 5.75 Å². The number of hydrogen-bond donors (Lipinski definition) is 0. The fourth-order valence-electron chi connectivity index (χ4n) is 3.03. The number of anilines is 2. The van der Waals surface area contributed by atoms with Crippen LogP contribution < -0.4 is 14.5 Å². The van der Waals surface area contributed by atoms with E-state index in [0.29, 0.717) is 49.3 Å². The molecule has 0 aliphatic carbocycles. The van der Waals surface area contributed by atoms with Gasteiger partial charge in [-0.15, -0.1) is 18.3 Å². The molecule has 4 rings (SSSR count). The van der Waals surface area contributed by atoms with Crippen molar-refractivity contribution in [2.75, 3.05) is 36.0 Å². The van der Waals surface area contributed by atoms with Crippen LogP contribution in [0.15, 0.2) is 34.9 Å². The molecule has 1 aliphatic rings. The van der Waals surface area contributed by atoms with Crippen LogP contribution in [0, 0.1) is 0 Å². The van der Waals surface area contributed by atoms with Crippen molar-refractivity contribution in [2.24, 2.45) is 7.05 Å². The molecule has 0 bridgehead atoms. The summed E-state index contributed by atoms with van der Waals surface area (Å²) in [5.41, 5.74) is 0.674. The number of aryl methyl sites for hydroxylation is 1. The molecule has 0 unspecified atom stereocenters. The lowest BCUT2D eigenvalue weighted by Crippen LogP contribution is -2.46. The summed E-state index contributed by atoms with van der Waals surface area (Å²) in [4.78, 5) is 20.3. The fraction of sp³-hybridized carbons (Fsp3) is 0.353. The van der Waals surface area contributed by atoms with Gasteiger partial charge in [0.2, 0.25) is 11.6 Å². The van der Waals surface area contributed by atoms with E-state index in [0.717, 1.165) is 0 Å². The molecule has 1 fully saturated rings. The smallest absolute Gasteiger partial charge is 0.406 e. The number of halogens is 3. The van der Waals surface area contributed by atoms with Crippen LogP contribution >= 0.6 is 0 Å². The van der Waals surface area contributed by atoms with Gasteiger partial charge in [-0.05, 0) is 22.6 Å². The van der Waals surface area contributed by atoms with Crippen molar-refractivity contribution >= 4 is 17.7 Å². The largest absolute Gasteiger partial charge is 0.573 e. The second-order valence-electron chi connectivity index (χ2n) is 6.28. The summed E-state index contributed by atoms with van der Waals surface area (Å²) in [7, 11) is 1.70. The van der Waals surface area contributed by atoms with E-state index in [4.69, 9.17) is 14.1 Å². The predicted molar refractivity (Wildman–Crippen MR) is 96.9 cm³/mol. The van der Waals surface area contributed by atoms with Gasteiger partial charge in [-0.2, -0.15) is 9.59 Å². The van der Waals surface area contributed by atoms with Gasteiger partial charge >= 0.3 is 12.5 Å². The number of ether oxygens (including phenoxy) is 1. The second kappa shape index (κ2) is 9.26. The van der Waals surface area contributed by atoms with E-state index in [1.807, 2.05) is 9.80 Å². The minimum absolute atomic E-state index is 0.231. The quantitative estimate of drug-likeness (QED) is 0.592. The molecule has 1 saturated heterocycles. The van der Waals surface area contributed by atoms with E-state index < -0.39 is 6.36 Å². The van der Waals surface area contributed by atoms with Crippen LogP contribution in [0.5, 0.6) is 5.75 Å². The van der Waals surface area contributed by atoms with Crippen LogP contribution in [0.2, 0.25) is 0 Å². The molecule has 11 nitrogen and oxygen atoms in total.